The van der Waals surface area contributed by atoms with Crippen molar-refractivity contribution in [3.05, 3.63) is 34.1 Å². The number of fused-ring (bicyclic) bond motifs is 1. The molecule has 0 aromatic carbocycles. The fraction of sp³-hybridized carbons (Fsp3) is 0.462. The minimum Gasteiger partial charge on any atom is -0.379 e. The van der Waals surface area contributed by atoms with Crippen LogP contribution in [0.15, 0.2) is 17.8 Å². The van der Waals surface area contributed by atoms with Gasteiger partial charge >= 0.3 is 0 Å². The Morgan fingerprint density at radius 2 is 2.18 bits per heavy atom. The molecule has 2 heterocycles. The predicted molar refractivity (Wildman–Crippen MR) is 68.2 cm³/mol. The number of nitrogens with zero attached hydrogens (tertiary/aromatic N) is 2. The molecule has 0 atom stereocenters. The SMILES string of the molecule is Clc1nccc2c1C=C(CN1CCOCC1)C2. The van der Waals surface area contributed by atoms with Crippen LogP contribution in [0.25, 0.3) is 6.08 Å². The molecule has 0 amide bonds. The first-order valence-corrected chi connectivity index (χ1v) is 6.33. The molecular weight excluding hydrogens is 236 g/mol. The van der Waals surface area contributed by atoms with E-state index in [4.69, 9.17) is 16.3 Å². The first-order chi connectivity index (χ1) is 8.33. The Labute approximate surface area is 106 Å². The van der Waals surface area contributed by atoms with E-state index >= 15 is 0 Å². The smallest absolute Gasteiger partial charge is 0.136 e. The summed E-state index contributed by atoms with van der Waals surface area (Å²) in [6, 6.07) is 2.06. The molecule has 1 fully saturated rings. The van der Waals surface area contributed by atoms with Crippen molar-refractivity contribution in [2.24, 2.45) is 0 Å². The number of hydrogen-bond acceptors (Lipinski definition) is 3. The molecule has 1 aliphatic carbocycles. The zero-order chi connectivity index (χ0) is 11.7. The number of aromatic nitrogens is 1. The second-order valence-corrected chi connectivity index (χ2v) is 4.90. The fourth-order valence-electron chi connectivity index (χ4n) is 2.44. The summed E-state index contributed by atoms with van der Waals surface area (Å²) in [4.78, 5) is 6.55. The van der Waals surface area contributed by atoms with Crippen LogP contribution in [0.2, 0.25) is 5.15 Å². The first kappa shape index (κ1) is 11.2. The molecule has 2 aliphatic rings. The van der Waals surface area contributed by atoms with Crippen LogP contribution >= 0.6 is 11.6 Å². The van der Waals surface area contributed by atoms with Crippen LogP contribution < -0.4 is 0 Å². The van der Waals surface area contributed by atoms with Crippen LogP contribution in [0.4, 0.5) is 0 Å². The molecule has 0 spiro atoms. The topological polar surface area (TPSA) is 25.4 Å². The van der Waals surface area contributed by atoms with Crippen LogP contribution in [0.3, 0.4) is 0 Å². The highest BCUT2D eigenvalue weighted by atomic mass is 35.5. The van der Waals surface area contributed by atoms with Crippen LogP contribution in [0.1, 0.15) is 11.1 Å². The van der Waals surface area contributed by atoms with Crippen molar-refractivity contribution in [1.82, 2.24) is 9.88 Å². The maximum Gasteiger partial charge on any atom is 0.136 e. The predicted octanol–water partition coefficient (Wildman–Crippen LogP) is 2.01. The molecule has 0 unspecified atom stereocenters. The molecule has 1 aromatic heterocycles. The maximum absolute atomic E-state index is 6.09. The molecule has 0 saturated carbocycles. The van der Waals surface area contributed by atoms with Crippen molar-refractivity contribution in [2.75, 3.05) is 32.8 Å². The monoisotopic (exact) mass is 250 g/mol. The third kappa shape index (κ3) is 2.37. The summed E-state index contributed by atoms with van der Waals surface area (Å²) in [6.07, 6.45) is 4.99. The Balaban J connectivity index is 1.71. The summed E-state index contributed by atoms with van der Waals surface area (Å²) in [5.41, 5.74) is 3.84. The van der Waals surface area contributed by atoms with Gasteiger partial charge in [0.25, 0.3) is 0 Å². The molecule has 4 heteroatoms. The molecule has 1 saturated heterocycles. The van der Waals surface area contributed by atoms with Gasteiger partial charge in [0, 0.05) is 31.4 Å². The Hall–Kier alpha value is -0.900. The number of pyridine rings is 1. The lowest BCUT2D eigenvalue weighted by Gasteiger charge is -2.26. The second kappa shape index (κ2) is 4.77. The lowest BCUT2D eigenvalue weighted by Crippen LogP contribution is -2.37. The third-order valence-electron chi connectivity index (χ3n) is 3.33. The second-order valence-electron chi connectivity index (χ2n) is 4.54. The van der Waals surface area contributed by atoms with Gasteiger partial charge in [-0.25, -0.2) is 4.98 Å². The summed E-state index contributed by atoms with van der Waals surface area (Å²) in [5.74, 6) is 0. The normalized spacial score (nSPS) is 20.2. The highest BCUT2D eigenvalue weighted by molar-refractivity contribution is 6.31. The van der Waals surface area contributed by atoms with Crippen molar-refractivity contribution in [2.45, 2.75) is 6.42 Å². The van der Waals surface area contributed by atoms with Gasteiger partial charge in [-0.05, 0) is 18.1 Å². The quantitative estimate of drug-likeness (QED) is 0.751. The zero-order valence-corrected chi connectivity index (χ0v) is 10.4. The number of rotatable bonds is 2. The van der Waals surface area contributed by atoms with Crippen molar-refractivity contribution < 1.29 is 4.74 Å². The van der Waals surface area contributed by atoms with Gasteiger partial charge in [-0.15, -0.1) is 0 Å². The van der Waals surface area contributed by atoms with Crippen LogP contribution in [0.5, 0.6) is 0 Å². The van der Waals surface area contributed by atoms with E-state index < -0.39 is 0 Å². The van der Waals surface area contributed by atoms with Gasteiger partial charge < -0.3 is 4.74 Å². The van der Waals surface area contributed by atoms with E-state index in [-0.39, 0.29) is 0 Å². The minimum atomic E-state index is 0.625. The molecule has 90 valence electrons. The highest BCUT2D eigenvalue weighted by Gasteiger charge is 2.18. The Kier molecular flexibility index (Phi) is 3.14. The van der Waals surface area contributed by atoms with Gasteiger partial charge in [-0.2, -0.15) is 0 Å². The van der Waals surface area contributed by atoms with E-state index in [9.17, 15) is 0 Å². The lowest BCUT2D eigenvalue weighted by molar-refractivity contribution is 0.0422. The number of hydrogen-bond donors (Lipinski definition) is 0. The van der Waals surface area contributed by atoms with Gasteiger partial charge in [0.2, 0.25) is 0 Å². The van der Waals surface area contributed by atoms with Gasteiger partial charge in [0.15, 0.2) is 0 Å². The van der Waals surface area contributed by atoms with Gasteiger partial charge in [0.1, 0.15) is 5.15 Å². The molecule has 17 heavy (non-hydrogen) atoms. The summed E-state index contributed by atoms with van der Waals surface area (Å²) in [7, 11) is 0. The van der Waals surface area contributed by atoms with Crippen molar-refractivity contribution in [3.63, 3.8) is 0 Å². The molecule has 0 radical (unpaired) electrons. The Bertz CT molecular complexity index is 453. The summed E-state index contributed by atoms with van der Waals surface area (Å²) in [5, 5.41) is 0.625. The first-order valence-electron chi connectivity index (χ1n) is 5.96. The Morgan fingerprint density at radius 1 is 1.35 bits per heavy atom. The van der Waals surface area contributed by atoms with Gasteiger partial charge in [-0.1, -0.05) is 23.3 Å². The number of halogens is 1. The van der Waals surface area contributed by atoms with Crippen molar-refractivity contribution >= 4 is 17.7 Å². The summed E-state index contributed by atoms with van der Waals surface area (Å²) >= 11 is 6.09. The Morgan fingerprint density at radius 3 is 2.94 bits per heavy atom. The number of morpholine rings is 1. The third-order valence-corrected chi connectivity index (χ3v) is 3.63. The maximum atomic E-state index is 6.09. The number of ether oxygens (including phenoxy) is 1. The highest BCUT2D eigenvalue weighted by Crippen LogP contribution is 2.29. The average Bonchev–Trinajstić information content (AvgIpc) is 2.74. The van der Waals surface area contributed by atoms with Crippen LogP contribution in [-0.4, -0.2) is 42.7 Å². The molecule has 3 rings (SSSR count). The largest absolute Gasteiger partial charge is 0.379 e. The summed E-state index contributed by atoms with van der Waals surface area (Å²) < 4.78 is 5.35. The van der Waals surface area contributed by atoms with Crippen molar-refractivity contribution in [3.8, 4) is 0 Å². The van der Waals surface area contributed by atoms with Crippen molar-refractivity contribution in [1.29, 1.82) is 0 Å². The van der Waals surface area contributed by atoms with Gasteiger partial charge in [-0.3, -0.25) is 4.90 Å². The lowest BCUT2D eigenvalue weighted by atomic mass is 10.1. The standard InChI is InChI=1S/C13H15ClN2O/c14-13-12-8-10(7-11(12)1-2-15-13)9-16-3-5-17-6-4-16/h1-2,8H,3-7,9H2. The molecular formula is C13H15ClN2O. The van der Waals surface area contributed by atoms with E-state index in [1.165, 1.54) is 11.1 Å². The molecule has 0 bridgehead atoms. The van der Waals surface area contributed by atoms with E-state index in [1.54, 1.807) is 6.20 Å². The molecule has 3 nitrogen and oxygen atoms in total. The van der Waals surface area contributed by atoms with E-state index in [1.807, 2.05) is 0 Å². The zero-order valence-electron chi connectivity index (χ0n) is 9.66. The van der Waals surface area contributed by atoms with E-state index in [2.05, 4.69) is 22.0 Å². The average molecular weight is 251 g/mol. The fourth-order valence-corrected chi connectivity index (χ4v) is 2.67. The molecule has 1 aromatic rings. The van der Waals surface area contributed by atoms with E-state index in [0.717, 1.165) is 44.8 Å². The minimum absolute atomic E-state index is 0.625. The summed E-state index contributed by atoms with van der Waals surface area (Å²) in [6.45, 7) is 4.78. The molecule has 1 aliphatic heterocycles. The van der Waals surface area contributed by atoms with Gasteiger partial charge in [0.05, 0.1) is 13.2 Å². The van der Waals surface area contributed by atoms with Crippen LogP contribution in [-0.2, 0) is 11.2 Å². The molecule has 0 N–H and O–H groups in total. The van der Waals surface area contributed by atoms with Crippen LogP contribution in [0, 0.1) is 0 Å². The van der Waals surface area contributed by atoms with E-state index in [0.29, 0.717) is 5.15 Å².